The molecule has 0 aliphatic heterocycles. The van der Waals surface area contributed by atoms with Crippen LogP contribution in [0.2, 0.25) is 0 Å². The predicted molar refractivity (Wildman–Crippen MR) is 117 cm³/mol. The fourth-order valence-corrected chi connectivity index (χ4v) is 3.91. The van der Waals surface area contributed by atoms with Gasteiger partial charge in [0.2, 0.25) is 5.91 Å². The summed E-state index contributed by atoms with van der Waals surface area (Å²) in [6, 6.07) is 14.1. The summed E-state index contributed by atoms with van der Waals surface area (Å²) >= 11 is 1.22. The van der Waals surface area contributed by atoms with E-state index in [-0.39, 0.29) is 29.0 Å². The molecule has 1 amide bonds. The van der Waals surface area contributed by atoms with Gasteiger partial charge in [-0.3, -0.25) is 19.0 Å². The van der Waals surface area contributed by atoms with Crippen LogP contribution in [0.4, 0.5) is 5.69 Å². The number of hydrogen-bond acceptors (Lipinski definition) is 5. The zero-order valence-corrected chi connectivity index (χ0v) is 17.5. The first-order valence-electron chi connectivity index (χ1n) is 9.46. The van der Waals surface area contributed by atoms with Gasteiger partial charge in [-0.2, -0.15) is 0 Å². The van der Waals surface area contributed by atoms with E-state index >= 15 is 0 Å². The van der Waals surface area contributed by atoms with Crippen LogP contribution in [0.5, 0.6) is 0 Å². The third-order valence-electron chi connectivity index (χ3n) is 4.72. The average Bonchev–Trinajstić information content (AvgIpc) is 2.72. The lowest BCUT2D eigenvalue weighted by atomic mass is 10.1. The molecule has 0 unspecified atom stereocenters. The minimum Gasteiger partial charge on any atom is -0.325 e. The molecular formula is C22H23N3O3S. The number of aromatic nitrogens is 2. The summed E-state index contributed by atoms with van der Waals surface area (Å²) in [4.78, 5) is 41.8. The molecule has 6 nitrogen and oxygen atoms in total. The number of thioether (sulfide) groups is 1. The van der Waals surface area contributed by atoms with Crippen molar-refractivity contribution in [2.75, 3.05) is 11.1 Å². The minimum absolute atomic E-state index is 0.0383. The summed E-state index contributed by atoms with van der Waals surface area (Å²) in [6.45, 7) is 5.43. The first-order valence-corrected chi connectivity index (χ1v) is 10.4. The molecule has 0 saturated carbocycles. The van der Waals surface area contributed by atoms with E-state index in [1.54, 1.807) is 41.0 Å². The van der Waals surface area contributed by atoms with Crippen molar-refractivity contribution in [1.82, 2.24) is 9.55 Å². The van der Waals surface area contributed by atoms with E-state index in [2.05, 4.69) is 10.3 Å². The van der Waals surface area contributed by atoms with E-state index in [1.165, 1.54) is 18.7 Å². The second-order valence-corrected chi connectivity index (χ2v) is 7.73. The molecule has 1 atom stereocenters. The SMILES string of the molecule is CC[C@H](C)n1c(SCC(=O)Nc2ccccc2C(C)=O)nc2ccccc2c1=O. The lowest BCUT2D eigenvalue weighted by molar-refractivity contribution is -0.113. The number of para-hydroxylation sites is 2. The van der Waals surface area contributed by atoms with Crippen molar-refractivity contribution in [3.8, 4) is 0 Å². The molecule has 0 saturated heterocycles. The molecule has 29 heavy (non-hydrogen) atoms. The van der Waals surface area contributed by atoms with Crippen LogP contribution in [0, 0.1) is 0 Å². The predicted octanol–water partition coefficient (Wildman–Crippen LogP) is 4.30. The second-order valence-electron chi connectivity index (χ2n) is 6.78. The molecular weight excluding hydrogens is 386 g/mol. The number of ketones is 1. The number of anilines is 1. The lowest BCUT2D eigenvalue weighted by Gasteiger charge is -2.18. The highest BCUT2D eigenvalue weighted by Crippen LogP contribution is 2.23. The molecule has 150 valence electrons. The molecule has 0 aliphatic rings. The summed E-state index contributed by atoms with van der Waals surface area (Å²) < 4.78 is 1.66. The van der Waals surface area contributed by atoms with Crippen LogP contribution in [0.3, 0.4) is 0 Å². The Labute approximate surface area is 173 Å². The number of nitrogens with one attached hydrogen (secondary N) is 1. The van der Waals surface area contributed by atoms with E-state index in [9.17, 15) is 14.4 Å². The minimum atomic E-state index is -0.262. The van der Waals surface area contributed by atoms with Gasteiger partial charge in [0.15, 0.2) is 10.9 Å². The number of Topliss-reactive ketones (excluding diaryl/α,β-unsaturated/α-hetero) is 1. The maximum atomic E-state index is 13.0. The summed E-state index contributed by atoms with van der Waals surface area (Å²) in [6.07, 6.45) is 0.770. The number of rotatable bonds is 7. The van der Waals surface area contributed by atoms with E-state index in [4.69, 9.17) is 0 Å². The van der Waals surface area contributed by atoms with Crippen LogP contribution < -0.4 is 10.9 Å². The van der Waals surface area contributed by atoms with Gasteiger partial charge in [0.05, 0.1) is 22.3 Å². The number of benzene rings is 2. The summed E-state index contributed by atoms with van der Waals surface area (Å²) in [5.74, 6) is -0.301. The molecule has 3 aromatic rings. The third kappa shape index (κ3) is 4.56. The number of nitrogens with zero attached hydrogens (tertiary/aromatic N) is 2. The number of carbonyl (C=O) groups excluding carboxylic acids is 2. The van der Waals surface area contributed by atoms with Crippen LogP contribution in [0.15, 0.2) is 58.5 Å². The summed E-state index contributed by atoms with van der Waals surface area (Å²) in [5.41, 5.74) is 1.46. The number of hydrogen-bond donors (Lipinski definition) is 1. The van der Waals surface area contributed by atoms with Crippen LogP contribution in [-0.4, -0.2) is 27.0 Å². The van der Waals surface area contributed by atoms with Gasteiger partial charge in [0.25, 0.3) is 5.56 Å². The Kier molecular flexibility index (Phi) is 6.49. The fraction of sp³-hybridized carbons (Fsp3) is 0.273. The zero-order valence-electron chi connectivity index (χ0n) is 16.6. The Morgan fingerprint density at radius 2 is 1.83 bits per heavy atom. The Hall–Kier alpha value is -2.93. The highest BCUT2D eigenvalue weighted by atomic mass is 32.2. The second kappa shape index (κ2) is 9.05. The number of fused-ring (bicyclic) bond motifs is 1. The van der Waals surface area contributed by atoms with Crippen molar-refractivity contribution in [3.05, 3.63) is 64.4 Å². The Morgan fingerprint density at radius 3 is 2.55 bits per heavy atom. The fourth-order valence-electron chi connectivity index (χ4n) is 3.01. The first kappa shape index (κ1) is 20.8. The molecule has 0 radical (unpaired) electrons. The van der Waals surface area contributed by atoms with E-state index in [0.717, 1.165) is 6.42 Å². The number of amides is 1. The monoisotopic (exact) mass is 409 g/mol. The van der Waals surface area contributed by atoms with Gasteiger partial charge in [-0.15, -0.1) is 0 Å². The normalized spacial score (nSPS) is 12.0. The maximum Gasteiger partial charge on any atom is 0.262 e. The van der Waals surface area contributed by atoms with Gasteiger partial charge in [-0.25, -0.2) is 4.98 Å². The van der Waals surface area contributed by atoms with Gasteiger partial charge < -0.3 is 5.32 Å². The molecule has 3 rings (SSSR count). The topological polar surface area (TPSA) is 81.1 Å². The Bertz CT molecular complexity index is 1120. The van der Waals surface area contributed by atoms with Crippen molar-refractivity contribution in [2.24, 2.45) is 0 Å². The smallest absolute Gasteiger partial charge is 0.262 e. The van der Waals surface area contributed by atoms with Gasteiger partial charge in [0.1, 0.15) is 0 Å². The van der Waals surface area contributed by atoms with Crippen molar-refractivity contribution in [3.63, 3.8) is 0 Å². The Morgan fingerprint density at radius 1 is 1.14 bits per heavy atom. The molecule has 7 heteroatoms. The van der Waals surface area contributed by atoms with Crippen LogP contribution in [0.1, 0.15) is 43.6 Å². The summed E-state index contributed by atoms with van der Waals surface area (Å²) in [7, 11) is 0. The Balaban J connectivity index is 1.86. The molecule has 1 aromatic heterocycles. The molecule has 1 heterocycles. The zero-order chi connectivity index (χ0) is 21.0. The largest absolute Gasteiger partial charge is 0.325 e. The molecule has 0 bridgehead atoms. The van der Waals surface area contributed by atoms with Crippen molar-refractivity contribution in [1.29, 1.82) is 0 Å². The van der Waals surface area contributed by atoms with Gasteiger partial charge in [-0.05, 0) is 44.5 Å². The summed E-state index contributed by atoms with van der Waals surface area (Å²) in [5, 5.41) is 3.86. The molecule has 0 spiro atoms. The average molecular weight is 410 g/mol. The molecule has 1 N–H and O–H groups in total. The van der Waals surface area contributed by atoms with Crippen LogP contribution >= 0.6 is 11.8 Å². The van der Waals surface area contributed by atoms with Crippen molar-refractivity contribution in [2.45, 2.75) is 38.4 Å². The van der Waals surface area contributed by atoms with Gasteiger partial charge in [0, 0.05) is 11.6 Å². The van der Waals surface area contributed by atoms with Gasteiger partial charge >= 0.3 is 0 Å². The third-order valence-corrected chi connectivity index (χ3v) is 5.67. The quantitative estimate of drug-likeness (QED) is 0.357. The maximum absolute atomic E-state index is 13.0. The van der Waals surface area contributed by atoms with E-state index in [1.807, 2.05) is 26.0 Å². The standard InChI is InChI=1S/C22H23N3O3S/c1-4-14(2)25-21(28)17-10-6-8-12-19(17)24-22(25)29-13-20(27)23-18-11-7-5-9-16(18)15(3)26/h5-12,14H,4,13H2,1-3H3,(H,23,27)/t14-/m0/s1. The molecule has 2 aromatic carbocycles. The van der Waals surface area contributed by atoms with Crippen LogP contribution in [0.25, 0.3) is 10.9 Å². The van der Waals surface area contributed by atoms with E-state index in [0.29, 0.717) is 27.3 Å². The van der Waals surface area contributed by atoms with Crippen LogP contribution in [-0.2, 0) is 4.79 Å². The number of carbonyl (C=O) groups is 2. The highest BCUT2D eigenvalue weighted by Gasteiger charge is 2.17. The highest BCUT2D eigenvalue weighted by molar-refractivity contribution is 7.99. The van der Waals surface area contributed by atoms with E-state index < -0.39 is 0 Å². The lowest BCUT2D eigenvalue weighted by Crippen LogP contribution is -2.26. The molecule has 0 aliphatic carbocycles. The first-order chi connectivity index (χ1) is 13.9. The van der Waals surface area contributed by atoms with Gasteiger partial charge in [-0.1, -0.05) is 43.0 Å². The van der Waals surface area contributed by atoms with Crippen molar-refractivity contribution < 1.29 is 9.59 Å². The molecule has 0 fully saturated rings. The van der Waals surface area contributed by atoms with Crippen molar-refractivity contribution >= 4 is 40.0 Å².